The molecule has 0 aliphatic carbocycles. The monoisotopic (exact) mass is 264 g/mol. The first-order valence-corrected chi connectivity index (χ1v) is 5.68. The second-order valence-electron chi connectivity index (χ2n) is 4.22. The van der Waals surface area contributed by atoms with Crippen LogP contribution in [0.25, 0.3) is 0 Å². The highest BCUT2D eigenvalue weighted by Gasteiger charge is 2.18. The summed E-state index contributed by atoms with van der Waals surface area (Å²) in [5.41, 5.74) is 6.87. The van der Waals surface area contributed by atoms with Gasteiger partial charge in [-0.15, -0.1) is 0 Å². The fourth-order valence-corrected chi connectivity index (χ4v) is 1.69. The fourth-order valence-electron chi connectivity index (χ4n) is 1.69. The van der Waals surface area contributed by atoms with Crippen LogP contribution in [0.3, 0.4) is 0 Å². The number of carbonyl (C=O) groups is 3. The molecule has 1 aromatic carbocycles. The van der Waals surface area contributed by atoms with E-state index in [-0.39, 0.29) is 0 Å². The Kier molecular flexibility index (Phi) is 4.63. The van der Waals surface area contributed by atoms with Crippen molar-refractivity contribution in [2.75, 3.05) is 0 Å². The van der Waals surface area contributed by atoms with Crippen LogP contribution < -0.4 is 15.8 Å². The maximum absolute atomic E-state index is 11.5. The zero-order chi connectivity index (χ0) is 14.6. The zero-order valence-electron chi connectivity index (χ0n) is 11.0. The zero-order valence-corrected chi connectivity index (χ0v) is 11.0. The van der Waals surface area contributed by atoms with Crippen molar-refractivity contribution in [3.8, 4) is 5.75 Å². The number of amides is 3. The second-order valence-corrected chi connectivity index (χ2v) is 4.22. The molecular weight excluding hydrogens is 248 g/mol. The number of imide groups is 1. The van der Waals surface area contributed by atoms with E-state index in [4.69, 9.17) is 10.5 Å². The number of aldehydes is 1. The number of nitrogens with two attached hydrogens (primary N) is 1. The lowest BCUT2D eigenvalue weighted by Gasteiger charge is -2.17. The highest BCUT2D eigenvalue weighted by Crippen LogP contribution is 2.25. The van der Waals surface area contributed by atoms with Gasteiger partial charge in [0.1, 0.15) is 12.0 Å². The Labute approximate surface area is 110 Å². The molecule has 3 N–H and O–H groups in total. The molecule has 0 bridgehead atoms. The van der Waals surface area contributed by atoms with Gasteiger partial charge >= 0.3 is 6.03 Å². The largest absolute Gasteiger partial charge is 0.480 e. The molecule has 19 heavy (non-hydrogen) atoms. The molecule has 1 atom stereocenters. The summed E-state index contributed by atoms with van der Waals surface area (Å²) in [7, 11) is 0. The van der Waals surface area contributed by atoms with Crippen molar-refractivity contribution in [2.45, 2.75) is 26.9 Å². The number of aryl methyl sites for hydroxylation is 2. The summed E-state index contributed by atoms with van der Waals surface area (Å²) in [5, 5.41) is 1.94. The van der Waals surface area contributed by atoms with Crippen molar-refractivity contribution in [1.29, 1.82) is 0 Å². The third-order valence-electron chi connectivity index (χ3n) is 2.53. The minimum Gasteiger partial charge on any atom is -0.480 e. The molecule has 102 valence electrons. The maximum Gasteiger partial charge on any atom is 0.318 e. The summed E-state index contributed by atoms with van der Waals surface area (Å²) in [5.74, 6) is -0.108. The highest BCUT2D eigenvalue weighted by atomic mass is 16.5. The number of hydrogen-bond donors (Lipinski definition) is 2. The minimum atomic E-state index is -0.926. The normalized spacial score (nSPS) is 11.5. The van der Waals surface area contributed by atoms with Crippen molar-refractivity contribution in [1.82, 2.24) is 5.32 Å². The average molecular weight is 264 g/mol. The van der Waals surface area contributed by atoms with Gasteiger partial charge in [0.25, 0.3) is 5.91 Å². The number of primary amides is 1. The number of benzene rings is 1. The highest BCUT2D eigenvalue weighted by molar-refractivity contribution is 5.95. The first kappa shape index (κ1) is 14.7. The molecule has 1 aromatic rings. The van der Waals surface area contributed by atoms with Crippen LogP contribution in [-0.4, -0.2) is 24.3 Å². The van der Waals surface area contributed by atoms with E-state index < -0.39 is 18.0 Å². The van der Waals surface area contributed by atoms with Crippen molar-refractivity contribution in [3.63, 3.8) is 0 Å². The first-order valence-electron chi connectivity index (χ1n) is 5.68. The predicted octanol–water partition coefficient (Wildman–Crippen LogP) is 1.08. The average Bonchev–Trinajstić information content (AvgIpc) is 2.32. The van der Waals surface area contributed by atoms with Crippen LogP contribution in [0.2, 0.25) is 0 Å². The van der Waals surface area contributed by atoms with Gasteiger partial charge in [-0.2, -0.15) is 0 Å². The third kappa shape index (κ3) is 3.80. The van der Waals surface area contributed by atoms with Crippen molar-refractivity contribution >= 4 is 18.2 Å². The van der Waals surface area contributed by atoms with E-state index in [1.807, 2.05) is 5.32 Å². The number of hydrogen-bond acceptors (Lipinski definition) is 4. The molecule has 0 radical (unpaired) electrons. The molecule has 0 spiro atoms. The Morgan fingerprint density at radius 2 is 1.84 bits per heavy atom. The molecule has 3 amide bonds. The lowest BCUT2D eigenvalue weighted by Crippen LogP contribution is -2.42. The lowest BCUT2D eigenvalue weighted by molar-refractivity contribution is -0.126. The SMILES string of the molecule is Cc1cc(C=O)cc(C)c1OC(C)C(=O)NC(N)=O. The van der Waals surface area contributed by atoms with Crippen molar-refractivity contribution in [3.05, 3.63) is 28.8 Å². The maximum atomic E-state index is 11.5. The van der Waals surface area contributed by atoms with E-state index >= 15 is 0 Å². The van der Waals surface area contributed by atoms with Crippen LogP contribution in [0.5, 0.6) is 5.75 Å². The van der Waals surface area contributed by atoms with Gasteiger partial charge in [0, 0.05) is 5.56 Å². The summed E-state index contributed by atoms with van der Waals surface area (Å²) in [6, 6.07) is 2.40. The van der Waals surface area contributed by atoms with Gasteiger partial charge in [-0.3, -0.25) is 14.9 Å². The van der Waals surface area contributed by atoms with E-state index in [0.29, 0.717) is 11.3 Å². The molecular formula is C13H16N2O4. The number of urea groups is 1. The van der Waals surface area contributed by atoms with Gasteiger partial charge in [0.15, 0.2) is 6.10 Å². The summed E-state index contributed by atoms with van der Waals surface area (Å²) in [4.78, 5) is 32.8. The second kappa shape index (κ2) is 5.99. The summed E-state index contributed by atoms with van der Waals surface area (Å²) in [6.45, 7) is 5.05. The Hall–Kier alpha value is -2.37. The van der Waals surface area contributed by atoms with Gasteiger partial charge in [0.05, 0.1) is 0 Å². The van der Waals surface area contributed by atoms with Crippen LogP contribution in [0.15, 0.2) is 12.1 Å². The van der Waals surface area contributed by atoms with E-state index in [1.54, 1.807) is 26.0 Å². The Morgan fingerprint density at radius 3 is 2.26 bits per heavy atom. The lowest BCUT2D eigenvalue weighted by atomic mass is 10.1. The van der Waals surface area contributed by atoms with Crippen molar-refractivity contribution in [2.24, 2.45) is 5.73 Å². The number of rotatable bonds is 4. The molecule has 0 aliphatic heterocycles. The molecule has 0 aromatic heterocycles. The molecule has 0 fully saturated rings. The number of ether oxygens (including phenoxy) is 1. The van der Waals surface area contributed by atoms with Crippen LogP contribution in [0, 0.1) is 13.8 Å². The van der Waals surface area contributed by atoms with Crippen LogP contribution in [0.4, 0.5) is 4.79 Å². The van der Waals surface area contributed by atoms with Crippen LogP contribution in [0.1, 0.15) is 28.4 Å². The Balaban J connectivity index is 2.90. The molecule has 6 nitrogen and oxygen atoms in total. The van der Waals surface area contributed by atoms with Gasteiger partial charge in [-0.05, 0) is 44.0 Å². The minimum absolute atomic E-state index is 0.512. The summed E-state index contributed by atoms with van der Waals surface area (Å²) >= 11 is 0. The predicted molar refractivity (Wildman–Crippen MR) is 69.1 cm³/mol. The molecule has 6 heteroatoms. The van der Waals surface area contributed by atoms with Gasteiger partial charge in [0.2, 0.25) is 0 Å². The topological polar surface area (TPSA) is 98.5 Å². The standard InChI is InChI=1S/C13H16N2O4/c1-7-4-10(6-16)5-8(2)11(7)19-9(3)12(17)15-13(14)18/h4-6,9H,1-3H3,(H3,14,15,17,18). The summed E-state index contributed by atoms with van der Waals surface area (Å²) in [6.07, 6.45) is -0.125. The van der Waals surface area contributed by atoms with Crippen LogP contribution in [-0.2, 0) is 4.79 Å². The smallest absolute Gasteiger partial charge is 0.318 e. The van der Waals surface area contributed by atoms with Crippen LogP contribution >= 0.6 is 0 Å². The fraction of sp³-hybridized carbons (Fsp3) is 0.308. The van der Waals surface area contributed by atoms with Crippen molar-refractivity contribution < 1.29 is 19.1 Å². The molecule has 0 saturated carbocycles. The molecule has 0 heterocycles. The molecule has 0 saturated heterocycles. The third-order valence-corrected chi connectivity index (χ3v) is 2.53. The van der Waals surface area contributed by atoms with Gasteiger partial charge in [-0.1, -0.05) is 0 Å². The van der Waals surface area contributed by atoms with Gasteiger partial charge in [-0.25, -0.2) is 4.79 Å². The van der Waals surface area contributed by atoms with E-state index in [0.717, 1.165) is 17.4 Å². The number of nitrogens with one attached hydrogen (secondary N) is 1. The Bertz CT molecular complexity index is 502. The number of carbonyl (C=O) groups excluding carboxylic acids is 3. The van der Waals surface area contributed by atoms with Gasteiger partial charge < -0.3 is 10.5 Å². The Morgan fingerprint density at radius 1 is 1.32 bits per heavy atom. The quantitative estimate of drug-likeness (QED) is 0.795. The molecule has 0 aliphatic rings. The van der Waals surface area contributed by atoms with E-state index in [9.17, 15) is 14.4 Å². The first-order chi connectivity index (χ1) is 8.85. The molecule has 1 unspecified atom stereocenters. The summed E-state index contributed by atoms with van der Waals surface area (Å²) < 4.78 is 5.50. The van der Waals surface area contributed by atoms with E-state index in [1.165, 1.54) is 6.92 Å². The molecule has 1 rings (SSSR count). The van der Waals surface area contributed by atoms with E-state index in [2.05, 4.69) is 0 Å².